The summed E-state index contributed by atoms with van der Waals surface area (Å²) in [5.74, 6) is 0.314. The van der Waals surface area contributed by atoms with E-state index in [4.69, 9.17) is 11.6 Å². The maximum absolute atomic E-state index is 11.2. The second-order valence-corrected chi connectivity index (χ2v) is 4.36. The predicted octanol–water partition coefficient (Wildman–Crippen LogP) is 1.71. The lowest BCUT2D eigenvalue weighted by molar-refractivity contribution is -0.116. The summed E-state index contributed by atoms with van der Waals surface area (Å²) < 4.78 is 0. The van der Waals surface area contributed by atoms with Crippen LogP contribution in [0.1, 0.15) is 17.5 Å². The minimum absolute atomic E-state index is 0.0704. The first-order valence-electron chi connectivity index (χ1n) is 5.34. The lowest BCUT2D eigenvalue weighted by atomic mass is 9.98. The molecule has 3 nitrogen and oxygen atoms in total. The van der Waals surface area contributed by atoms with Gasteiger partial charge in [-0.25, -0.2) is 0 Å². The number of nitrogens with one attached hydrogen (secondary N) is 1. The molecule has 1 atom stereocenters. The Labute approximate surface area is 99.4 Å². The van der Waals surface area contributed by atoms with Gasteiger partial charge in [-0.2, -0.15) is 0 Å². The van der Waals surface area contributed by atoms with Gasteiger partial charge in [0.2, 0.25) is 5.91 Å². The Morgan fingerprint density at radius 1 is 1.44 bits per heavy atom. The minimum Gasteiger partial charge on any atom is -0.392 e. The van der Waals surface area contributed by atoms with Crippen molar-refractivity contribution in [3.8, 4) is 0 Å². The number of carbonyl (C=O) groups is 1. The van der Waals surface area contributed by atoms with Crippen LogP contribution in [0.2, 0.25) is 0 Å². The average molecular weight is 240 g/mol. The van der Waals surface area contributed by atoms with Crippen molar-refractivity contribution in [3.63, 3.8) is 0 Å². The molecule has 1 aliphatic heterocycles. The third kappa shape index (κ3) is 2.54. The van der Waals surface area contributed by atoms with Gasteiger partial charge in [0, 0.05) is 18.0 Å². The molecule has 1 unspecified atom stereocenters. The second kappa shape index (κ2) is 4.85. The van der Waals surface area contributed by atoms with Crippen LogP contribution in [0.5, 0.6) is 0 Å². The summed E-state index contributed by atoms with van der Waals surface area (Å²) in [6, 6.07) is 5.84. The number of hydrogen-bond acceptors (Lipinski definition) is 2. The Balaban J connectivity index is 2.16. The number of carbonyl (C=O) groups excluding carboxylic acids is 1. The van der Waals surface area contributed by atoms with Crippen molar-refractivity contribution in [3.05, 3.63) is 29.3 Å². The molecule has 0 saturated heterocycles. The number of fused-ring (bicyclic) bond motifs is 1. The Kier molecular flexibility index (Phi) is 3.46. The summed E-state index contributed by atoms with van der Waals surface area (Å²) in [7, 11) is 0. The third-order valence-corrected chi connectivity index (χ3v) is 3.07. The summed E-state index contributed by atoms with van der Waals surface area (Å²) >= 11 is 5.56. The molecule has 0 radical (unpaired) electrons. The van der Waals surface area contributed by atoms with Crippen LogP contribution >= 0.6 is 11.6 Å². The van der Waals surface area contributed by atoms with Crippen LogP contribution in [-0.2, 0) is 17.6 Å². The highest BCUT2D eigenvalue weighted by Crippen LogP contribution is 2.24. The number of anilines is 1. The number of halogens is 1. The quantitative estimate of drug-likeness (QED) is 0.789. The molecule has 4 heteroatoms. The number of hydrogen-bond donors (Lipinski definition) is 2. The number of aliphatic hydroxyl groups is 1. The van der Waals surface area contributed by atoms with E-state index in [1.54, 1.807) is 0 Å². The number of alkyl halides is 1. The zero-order valence-corrected chi connectivity index (χ0v) is 9.63. The third-order valence-electron chi connectivity index (χ3n) is 2.71. The molecule has 16 heavy (non-hydrogen) atoms. The number of amides is 1. The van der Waals surface area contributed by atoms with E-state index < -0.39 is 6.10 Å². The summed E-state index contributed by atoms with van der Waals surface area (Å²) in [5, 5.41) is 12.3. The molecular formula is C12H14ClNO2. The van der Waals surface area contributed by atoms with Crippen LogP contribution in [-0.4, -0.2) is 23.0 Å². The molecule has 2 N–H and O–H groups in total. The van der Waals surface area contributed by atoms with Crippen molar-refractivity contribution < 1.29 is 9.90 Å². The van der Waals surface area contributed by atoms with Gasteiger partial charge in [-0.1, -0.05) is 12.1 Å². The smallest absolute Gasteiger partial charge is 0.224 e. The standard InChI is InChI=1S/C12H14ClNO2/c13-7-10(15)6-8-1-3-11-9(5-8)2-4-12(16)14-11/h1,3,5,10,15H,2,4,6-7H2,(H,14,16). The molecule has 0 saturated carbocycles. The van der Waals surface area contributed by atoms with Gasteiger partial charge in [0.1, 0.15) is 0 Å². The second-order valence-electron chi connectivity index (χ2n) is 4.05. The van der Waals surface area contributed by atoms with Crippen molar-refractivity contribution in [2.24, 2.45) is 0 Å². The van der Waals surface area contributed by atoms with Gasteiger partial charge in [0.15, 0.2) is 0 Å². The number of rotatable bonds is 3. The number of aryl methyl sites for hydroxylation is 1. The molecule has 2 rings (SSSR count). The Morgan fingerprint density at radius 3 is 3.00 bits per heavy atom. The average Bonchev–Trinajstić information content (AvgIpc) is 2.29. The Bertz CT molecular complexity index is 406. The molecule has 1 aliphatic rings. The van der Waals surface area contributed by atoms with E-state index in [1.807, 2.05) is 18.2 Å². The minimum atomic E-state index is -0.502. The molecule has 1 aromatic rings. The van der Waals surface area contributed by atoms with Crippen LogP contribution in [0.4, 0.5) is 5.69 Å². The zero-order chi connectivity index (χ0) is 11.5. The van der Waals surface area contributed by atoms with E-state index in [1.165, 1.54) is 0 Å². The van der Waals surface area contributed by atoms with Gasteiger partial charge in [-0.05, 0) is 30.0 Å². The first-order chi connectivity index (χ1) is 7.69. The largest absolute Gasteiger partial charge is 0.392 e. The fourth-order valence-corrected chi connectivity index (χ4v) is 2.00. The van der Waals surface area contributed by atoms with Crippen LogP contribution < -0.4 is 5.32 Å². The topological polar surface area (TPSA) is 49.3 Å². The van der Waals surface area contributed by atoms with Gasteiger partial charge in [0.05, 0.1) is 6.10 Å². The van der Waals surface area contributed by atoms with E-state index in [-0.39, 0.29) is 11.8 Å². The molecule has 1 aromatic carbocycles. The maximum atomic E-state index is 11.2. The van der Waals surface area contributed by atoms with E-state index in [0.717, 1.165) is 23.2 Å². The molecule has 86 valence electrons. The predicted molar refractivity (Wildman–Crippen MR) is 63.8 cm³/mol. The monoisotopic (exact) mass is 239 g/mol. The normalized spacial score (nSPS) is 16.5. The van der Waals surface area contributed by atoms with Gasteiger partial charge >= 0.3 is 0 Å². The molecular weight excluding hydrogens is 226 g/mol. The molecule has 1 amide bonds. The van der Waals surface area contributed by atoms with Gasteiger partial charge < -0.3 is 10.4 Å². The zero-order valence-electron chi connectivity index (χ0n) is 8.87. The fraction of sp³-hybridized carbons (Fsp3) is 0.417. The van der Waals surface area contributed by atoms with Gasteiger partial charge in [0.25, 0.3) is 0 Å². The SMILES string of the molecule is O=C1CCc2cc(CC(O)CCl)ccc2N1. The van der Waals surface area contributed by atoms with Crippen molar-refractivity contribution in [1.82, 2.24) is 0 Å². The first kappa shape index (κ1) is 11.4. The highest BCUT2D eigenvalue weighted by molar-refractivity contribution is 6.18. The Hall–Kier alpha value is -1.06. The number of aliphatic hydroxyl groups excluding tert-OH is 1. The van der Waals surface area contributed by atoms with E-state index in [0.29, 0.717) is 12.8 Å². The highest BCUT2D eigenvalue weighted by Gasteiger charge is 2.15. The van der Waals surface area contributed by atoms with Crippen LogP contribution in [0, 0.1) is 0 Å². The van der Waals surface area contributed by atoms with Crippen molar-refractivity contribution in [2.45, 2.75) is 25.4 Å². The van der Waals surface area contributed by atoms with Gasteiger partial charge in [-0.3, -0.25) is 4.79 Å². The van der Waals surface area contributed by atoms with Crippen molar-refractivity contribution in [1.29, 1.82) is 0 Å². The van der Waals surface area contributed by atoms with Crippen LogP contribution in [0.25, 0.3) is 0 Å². The molecule has 0 spiro atoms. The molecule has 1 heterocycles. The summed E-state index contributed by atoms with van der Waals surface area (Å²) in [4.78, 5) is 11.2. The molecule has 0 aromatic heterocycles. The first-order valence-corrected chi connectivity index (χ1v) is 5.88. The van der Waals surface area contributed by atoms with E-state index >= 15 is 0 Å². The molecule has 0 bridgehead atoms. The van der Waals surface area contributed by atoms with Crippen LogP contribution in [0.15, 0.2) is 18.2 Å². The summed E-state index contributed by atoms with van der Waals surface area (Å²) in [6.07, 6.45) is 1.36. The maximum Gasteiger partial charge on any atom is 0.224 e. The Morgan fingerprint density at radius 2 is 2.25 bits per heavy atom. The fourth-order valence-electron chi connectivity index (χ4n) is 1.89. The van der Waals surface area contributed by atoms with Crippen molar-refractivity contribution in [2.75, 3.05) is 11.2 Å². The summed E-state index contributed by atoms with van der Waals surface area (Å²) in [5.41, 5.74) is 3.09. The van der Waals surface area contributed by atoms with Crippen molar-refractivity contribution >= 4 is 23.2 Å². The summed E-state index contributed by atoms with van der Waals surface area (Å²) in [6.45, 7) is 0. The van der Waals surface area contributed by atoms with E-state index in [2.05, 4.69) is 5.32 Å². The molecule has 0 fully saturated rings. The number of benzene rings is 1. The van der Waals surface area contributed by atoms with E-state index in [9.17, 15) is 9.90 Å². The highest BCUT2D eigenvalue weighted by atomic mass is 35.5. The lowest BCUT2D eigenvalue weighted by Gasteiger charge is -2.18. The van der Waals surface area contributed by atoms with Crippen LogP contribution in [0.3, 0.4) is 0 Å². The lowest BCUT2D eigenvalue weighted by Crippen LogP contribution is -2.19. The van der Waals surface area contributed by atoms with Gasteiger partial charge in [-0.15, -0.1) is 11.6 Å². The molecule has 0 aliphatic carbocycles.